The van der Waals surface area contributed by atoms with Crippen LogP contribution in [0.4, 0.5) is 4.79 Å². The van der Waals surface area contributed by atoms with Crippen LogP contribution < -0.4 is 0 Å². The Balaban J connectivity index is 1.61. The highest BCUT2D eigenvalue weighted by atomic mass is 35.5. The molecule has 1 heterocycles. The van der Waals surface area contributed by atoms with E-state index >= 15 is 0 Å². The number of halogens is 1. The lowest BCUT2D eigenvalue weighted by molar-refractivity contribution is -0.122. The summed E-state index contributed by atoms with van der Waals surface area (Å²) in [5.74, 6) is -0.0130. The minimum Gasteiger partial charge on any atom is -0.444 e. The standard InChI is InChI=1S/C34H40ClNO6/c1-24(37)19-29-31(39-22-26-11-7-5-8-12-26)32(40-23-27-13-9-6-10-14-27)30(41-29)21-36(33(38)42-34(2,3)4)20-25-15-17-28(35)18-16-25/h5-18,29-32H,19-23H2,1-4H3/t29-,30-,31+,32-/m1/s1. The quantitative estimate of drug-likeness (QED) is 0.225. The summed E-state index contributed by atoms with van der Waals surface area (Å²) in [5, 5.41) is 0.613. The summed E-state index contributed by atoms with van der Waals surface area (Å²) in [6.45, 7) is 8.16. The molecule has 1 aliphatic rings. The fraction of sp³-hybridized carbons (Fsp3) is 0.412. The van der Waals surface area contributed by atoms with E-state index in [-0.39, 0.29) is 25.3 Å². The second-order valence-electron chi connectivity index (χ2n) is 11.6. The van der Waals surface area contributed by atoms with Crippen molar-refractivity contribution in [2.75, 3.05) is 6.54 Å². The van der Waals surface area contributed by atoms with Crippen LogP contribution in [-0.2, 0) is 43.5 Å². The van der Waals surface area contributed by atoms with Gasteiger partial charge in [0.1, 0.15) is 29.7 Å². The average molecular weight is 594 g/mol. The number of carbonyl (C=O) groups is 2. The van der Waals surface area contributed by atoms with Crippen LogP contribution in [-0.4, -0.2) is 53.3 Å². The number of hydrogen-bond donors (Lipinski definition) is 0. The summed E-state index contributed by atoms with van der Waals surface area (Å²) >= 11 is 6.10. The summed E-state index contributed by atoms with van der Waals surface area (Å²) < 4.78 is 25.2. The number of carbonyl (C=O) groups excluding carboxylic acids is 2. The Kier molecular flexibility index (Phi) is 11.2. The van der Waals surface area contributed by atoms with Gasteiger partial charge < -0.3 is 23.8 Å². The Morgan fingerprint density at radius 1 is 0.786 bits per heavy atom. The van der Waals surface area contributed by atoms with Gasteiger partial charge in [-0.1, -0.05) is 84.4 Å². The van der Waals surface area contributed by atoms with Gasteiger partial charge in [0.05, 0.1) is 25.9 Å². The maximum absolute atomic E-state index is 13.5. The lowest BCUT2D eigenvalue weighted by Crippen LogP contribution is -2.45. The zero-order valence-corrected chi connectivity index (χ0v) is 25.5. The van der Waals surface area contributed by atoms with Gasteiger partial charge in [-0.05, 0) is 56.5 Å². The number of benzene rings is 3. The molecule has 224 valence electrons. The SMILES string of the molecule is CC(=O)C[C@H]1O[C@H](CN(Cc2ccc(Cl)cc2)C(=O)OC(C)(C)C)[C@@H](OCc2ccccc2)[C@H]1OCc1ccccc1. The van der Waals surface area contributed by atoms with Crippen molar-refractivity contribution in [3.63, 3.8) is 0 Å². The van der Waals surface area contributed by atoms with Gasteiger partial charge in [0.15, 0.2) is 0 Å². The van der Waals surface area contributed by atoms with Gasteiger partial charge >= 0.3 is 6.09 Å². The molecule has 1 fully saturated rings. The van der Waals surface area contributed by atoms with E-state index in [4.69, 9.17) is 30.5 Å². The van der Waals surface area contributed by atoms with Gasteiger partial charge in [-0.3, -0.25) is 4.79 Å². The topological polar surface area (TPSA) is 74.3 Å². The van der Waals surface area contributed by atoms with Crippen molar-refractivity contribution in [3.8, 4) is 0 Å². The van der Waals surface area contributed by atoms with Crippen molar-refractivity contribution in [2.45, 2.75) is 83.9 Å². The average Bonchev–Trinajstić information content (AvgIpc) is 3.26. The molecule has 1 saturated heterocycles. The lowest BCUT2D eigenvalue weighted by Gasteiger charge is -2.31. The molecule has 7 nitrogen and oxygen atoms in total. The summed E-state index contributed by atoms with van der Waals surface area (Å²) in [6.07, 6.45) is -2.48. The van der Waals surface area contributed by atoms with Gasteiger partial charge in [0.2, 0.25) is 0 Å². The normalized spacial score (nSPS) is 20.3. The Hall–Kier alpha value is -3.23. The summed E-state index contributed by atoms with van der Waals surface area (Å²) in [4.78, 5) is 27.4. The van der Waals surface area contributed by atoms with Crippen molar-refractivity contribution in [3.05, 3.63) is 107 Å². The second kappa shape index (κ2) is 14.8. The van der Waals surface area contributed by atoms with Crippen LogP contribution in [0.3, 0.4) is 0 Å². The van der Waals surface area contributed by atoms with E-state index in [1.54, 1.807) is 17.0 Å². The molecule has 0 unspecified atom stereocenters. The van der Waals surface area contributed by atoms with E-state index in [0.29, 0.717) is 18.2 Å². The number of amides is 1. The molecule has 0 aliphatic carbocycles. The molecule has 4 rings (SSSR count). The number of ketones is 1. The molecule has 1 amide bonds. The zero-order valence-electron chi connectivity index (χ0n) is 24.7. The maximum atomic E-state index is 13.5. The van der Waals surface area contributed by atoms with Gasteiger partial charge in [-0.25, -0.2) is 4.79 Å². The van der Waals surface area contributed by atoms with Crippen LogP contribution >= 0.6 is 11.6 Å². The third-order valence-electron chi connectivity index (χ3n) is 6.80. The Labute approximate surface area is 253 Å². The van der Waals surface area contributed by atoms with Crippen molar-refractivity contribution in [1.82, 2.24) is 4.90 Å². The van der Waals surface area contributed by atoms with Crippen LogP contribution in [0.15, 0.2) is 84.9 Å². The van der Waals surface area contributed by atoms with E-state index in [1.165, 1.54) is 6.92 Å². The smallest absolute Gasteiger partial charge is 0.410 e. The number of nitrogens with zero attached hydrogens (tertiary/aromatic N) is 1. The molecule has 0 spiro atoms. The molecule has 42 heavy (non-hydrogen) atoms. The molecule has 4 atom stereocenters. The van der Waals surface area contributed by atoms with E-state index in [1.807, 2.05) is 93.6 Å². The van der Waals surface area contributed by atoms with Crippen molar-refractivity contribution in [2.24, 2.45) is 0 Å². The Morgan fingerprint density at radius 2 is 1.31 bits per heavy atom. The summed E-state index contributed by atoms with van der Waals surface area (Å²) in [6, 6.07) is 27.0. The van der Waals surface area contributed by atoms with Gasteiger partial charge in [-0.15, -0.1) is 0 Å². The Morgan fingerprint density at radius 3 is 1.81 bits per heavy atom. The molecular weight excluding hydrogens is 554 g/mol. The number of rotatable bonds is 12. The van der Waals surface area contributed by atoms with E-state index in [9.17, 15) is 9.59 Å². The van der Waals surface area contributed by atoms with Gasteiger partial charge in [0, 0.05) is 18.0 Å². The molecule has 8 heteroatoms. The lowest BCUT2D eigenvalue weighted by atomic mass is 10.0. The van der Waals surface area contributed by atoms with Crippen molar-refractivity contribution in [1.29, 1.82) is 0 Å². The highest BCUT2D eigenvalue weighted by Crippen LogP contribution is 2.32. The first-order chi connectivity index (χ1) is 20.1. The maximum Gasteiger partial charge on any atom is 0.410 e. The van der Waals surface area contributed by atoms with Crippen LogP contribution in [0.2, 0.25) is 5.02 Å². The highest BCUT2D eigenvalue weighted by Gasteiger charge is 2.47. The Bertz CT molecular complexity index is 1280. The first kappa shape index (κ1) is 31.7. The van der Waals surface area contributed by atoms with Crippen LogP contribution in [0.1, 0.15) is 50.8 Å². The van der Waals surface area contributed by atoms with Gasteiger partial charge in [-0.2, -0.15) is 0 Å². The number of Topliss-reactive ketones (excluding diaryl/α,β-unsaturated/α-hetero) is 1. The molecule has 3 aromatic rings. The number of ether oxygens (including phenoxy) is 4. The van der Waals surface area contributed by atoms with Crippen LogP contribution in [0.5, 0.6) is 0 Å². The third kappa shape index (κ3) is 9.66. The highest BCUT2D eigenvalue weighted by molar-refractivity contribution is 6.30. The molecule has 0 bridgehead atoms. The molecule has 0 aromatic heterocycles. The van der Waals surface area contributed by atoms with E-state index in [0.717, 1.165) is 16.7 Å². The fourth-order valence-electron chi connectivity index (χ4n) is 4.89. The molecular formula is C34H40ClNO6. The largest absolute Gasteiger partial charge is 0.444 e. The molecule has 1 aliphatic heterocycles. The number of hydrogen-bond acceptors (Lipinski definition) is 6. The first-order valence-electron chi connectivity index (χ1n) is 14.3. The van der Waals surface area contributed by atoms with Crippen LogP contribution in [0, 0.1) is 0 Å². The predicted molar refractivity (Wildman–Crippen MR) is 162 cm³/mol. The molecule has 0 N–H and O–H groups in total. The zero-order chi connectivity index (χ0) is 30.1. The molecule has 0 saturated carbocycles. The first-order valence-corrected chi connectivity index (χ1v) is 14.6. The predicted octanol–water partition coefficient (Wildman–Crippen LogP) is 6.99. The second-order valence-corrected chi connectivity index (χ2v) is 12.1. The van der Waals surface area contributed by atoms with Gasteiger partial charge in [0.25, 0.3) is 0 Å². The van der Waals surface area contributed by atoms with E-state index < -0.39 is 36.1 Å². The van der Waals surface area contributed by atoms with Crippen LogP contribution in [0.25, 0.3) is 0 Å². The fourth-order valence-corrected chi connectivity index (χ4v) is 5.02. The summed E-state index contributed by atoms with van der Waals surface area (Å²) in [5.41, 5.74) is 2.20. The summed E-state index contributed by atoms with van der Waals surface area (Å²) in [7, 11) is 0. The van der Waals surface area contributed by atoms with Crippen molar-refractivity contribution < 1.29 is 28.5 Å². The third-order valence-corrected chi connectivity index (χ3v) is 7.06. The molecule has 0 radical (unpaired) electrons. The minimum atomic E-state index is -0.687. The van der Waals surface area contributed by atoms with E-state index in [2.05, 4.69) is 0 Å². The van der Waals surface area contributed by atoms with Crippen molar-refractivity contribution >= 4 is 23.5 Å². The monoisotopic (exact) mass is 593 g/mol. The minimum absolute atomic E-state index is 0.0130. The molecule has 3 aromatic carbocycles.